The van der Waals surface area contributed by atoms with E-state index >= 15 is 0 Å². The van der Waals surface area contributed by atoms with Crippen molar-refractivity contribution in [1.29, 1.82) is 0 Å². The lowest BCUT2D eigenvalue weighted by molar-refractivity contribution is 0.0595. The first kappa shape index (κ1) is 22.8. The molecule has 4 nitrogen and oxygen atoms in total. The molecule has 0 aliphatic carbocycles. The summed E-state index contributed by atoms with van der Waals surface area (Å²) in [6, 6.07) is 0. The van der Waals surface area contributed by atoms with Crippen LogP contribution in [0.4, 0.5) is 4.39 Å². The molecule has 0 aliphatic heterocycles. The van der Waals surface area contributed by atoms with Crippen LogP contribution in [0.25, 0.3) is 0 Å². The Morgan fingerprint density at radius 1 is 1.12 bits per heavy atom. The maximum absolute atomic E-state index is 13.9. The van der Waals surface area contributed by atoms with Gasteiger partial charge in [-0.2, -0.15) is 0 Å². The molecule has 6 heteroatoms. The van der Waals surface area contributed by atoms with Gasteiger partial charge in [0, 0.05) is 6.20 Å². The Morgan fingerprint density at radius 2 is 1.69 bits per heavy atom. The fourth-order valence-corrected chi connectivity index (χ4v) is 3.10. The Morgan fingerprint density at radius 3 is 2.27 bits per heavy atom. The highest BCUT2D eigenvalue weighted by molar-refractivity contribution is 6.34. The van der Waals surface area contributed by atoms with Crippen molar-refractivity contribution in [2.75, 3.05) is 13.7 Å². The number of halogens is 2. The second kappa shape index (κ2) is 13.9. The molecule has 150 valence electrons. The van der Waals surface area contributed by atoms with E-state index in [4.69, 9.17) is 16.3 Å². The van der Waals surface area contributed by atoms with E-state index < -0.39 is 12.1 Å². The first-order chi connectivity index (χ1) is 12.6. The van der Waals surface area contributed by atoms with E-state index in [9.17, 15) is 9.18 Å². The van der Waals surface area contributed by atoms with Crippen LogP contribution in [0.2, 0.25) is 5.02 Å². The minimum atomic E-state index is -1.03. The van der Waals surface area contributed by atoms with Gasteiger partial charge in [-0.15, -0.1) is 0 Å². The molecule has 1 unspecified atom stereocenters. The van der Waals surface area contributed by atoms with Gasteiger partial charge in [-0.3, -0.25) is 0 Å². The third-order valence-electron chi connectivity index (χ3n) is 4.46. The molecule has 0 spiro atoms. The zero-order chi connectivity index (χ0) is 19.2. The second-order valence-electron chi connectivity index (χ2n) is 6.71. The fraction of sp³-hybridized carbons (Fsp3) is 0.750. The van der Waals surface area contributed by atoms with Crippen molar-refractivity contribution < 1.29 is 18.7 Å². The third-order valence-corrected chi connectivity index (χ3v) is 4.84. The number of aromatic nitrogens is 1. The summed E-state index contributed by atoms with van der Waals surface area (Å²) in [5.74, 6) is -0.301. The van der Waals surface area contributed by atoms with Crippen LogP contribution in [-0.4, -0.2) is 30.8 Å². The second-order valence-corrected chi connectivity index (χ2v) is 7.09. The number of rotatable bonds is 15. The number of nitrogens with one attached hydrogen (secondary N) is 1. The van der Waals surface area contributed by atoms with Crippen LogP contribution >= 0.6 is 11.6 Å². The van der Waals surface area contributed by atoms with E-state index in [1.807, 2.05) is 0 Å². The van der Waals surface area contributed by atoms with E-state index in [1.54, 1.807) is 0 Å². The number of H-pyrrole nitrogens is 1. The van der Waals surface area contributed by atoms with Crippen LogP contribution in [-0.2, 0) is 4.74 Å². The maximum atomic E-state index is 13.9. The summed E-state index contributed by atoms with van der Waals surface area (Å²) in [5, 5.41) is 0.128. The molecule has 1 heterocycles. The number of ether oxygens (including phenoxy) is 2. The van der Waals surface area contributed by atoms with E-state index in [0.717, 1.165) is 12.8 Å². The Hall–Kier alpha value is -1.23. The van der Waals surface area contributed by atoms with Crippen molar-refractivity contribution in [2.45, 2.75) is 83.7 Å². The topological polar surface area (TPSA) is 51.3 Å². The summed E-state index contributed by atoms with van der Waals surface area (Å²) >= 11 is 6.02. The van der Waals surface area contributed by atoms with E-state index in [-0.39, 0.29) is 23.1 Å². The minimum absolute atomic E-state index is 0.0599. The minimum Gasteiger partial charge on any atom is -0.487 e. The first-order valence-corrected chi connectivity index (χ1v) is 10.2. The fourth-order valence-electron chi connectivity index (χ4n) is 2.86. The van der Waals surface area contributed by atoms with Crippen LogP contribution in [0.5, 0.6) is 5.75 Å². The number of hydrogen-bond donors (Lipinski definition) is 1. The van der Waals surface area contributed by atoms with Gasteiger partial charge < -0.3 is 14.5 Å². The average Bonchev–Trinajstić information content (AvgIpc) is 3.01. The highest BCUT2D eigenvalue weighted by Gasteiger charge is 2.18. The van der Waals surface area contributed by atoms with Crippen molar-refractivity contribution >= 4 is 17.6 Å². The normalized spacial score (nSPS) is 12.2. The largest absolute Gasteiger partial charge is 0.487 e. The van der Waals surface area contributed by atoms with Gasteiger partial charge in [0.15, 0.2) is 5.75 Å². The highest BCUT2D eigenvalue weighted by atomic mass is 35.5. The quantitative estimate of drug-likeness (QED) is 0.276. The molecule has 1 atom stereocenters. The monoisotopic (exact) mass is 389 g/mol. The lowest BCUT2D eigenvalue weighted by atomic mass is 10.1. The van der Waals surface area contributed by atoms with Crippen LogP contribution < -0.4 is 4.74 Å². The molecule has 0 aliphatic rings. The maximum Gasteiger partial charge on any atom is 0.356 e. The Labute approximate surface area is 161 Å². The molecular formula is C20H33ClFNO3. The zero-order valence-electron chi connectivity index (χ0n) is 16.1. The molecule has 1 aromatic rings. The Balaban J connectivity index is 2.06. The molecule has 0 radical (unpaired) electrons. The molecule has 1 N–H and O–H groups in total. The predicted molar refractivity (Wildman–Crippen MR) is 104 cm³/mol. The van der Waals surface area contributed by atoms with Gasteiger partial charge in [0.25, 0.3) is 0 Å². The number of aromatic amines is 1. The summed E-state index contributed by atoms with van der Waals surface area (Å²) in [7, 11) is 1.27. The van der Waals surface area contributed by atoms with Crippen LogP contribution in [0.15, 0.2) is 6.20 Å². The first-order valence-electron chi connectivity index (χ1n) is 9.82. The van der Waals surface area contributed by atoms with Crippen LogP contribution in [0.3, 0.4) is 0 Å². The number of carbonyl (C=O) groups excluding carboxylic acids is 1. The van der Waals surface area contributed by atoms with Gasteiger partial charge in [-0.05, 0) is 6.42 Å². The standard InChI is InChI=1S/C20H33ClFNO3/c1-3-4-5-6-7-8-9-10-11-12-13-16(22)15-26-17-14-23-19(18(17)21)20(24)25-2/h14,16,23H,3-13,15H2,1-2H3. The molecule has 0 aromatic carbocycles. The number of alkyl halides is 1. The van der Waals surface area contributed by atoms with E-state index in [2.05, 4.69) is 16.6 Å². The highest BCUT2D eigenvalue weighted by Crippen LogP contribution is 2.28. The van der Waals surface area contributed by atoms with Gasteiger partial charge in [-0.1, -0.05) is 82.7 Å². The van der Waals surface area contributed by atoms with Crippen LogP contribution in [0.1, 0.15) is 88.0 Å². The SMILES string of the molecule is CCCCCCCCCCCCC(F)COc1c[nH]c(C(=O)OC)c1Cl. The molecule has 26 heavy (non-hydrogen) atoms. The molecule has 0 fully saturated rings. The number of unbranched alkanes of at least 4 members (excludes halogenated alkanes) is 9. The number of methoxy groups -OCH3 is 1. The van der Waals surface area contributed by atoms with Crippen molar-refractivity contribution in [3.8, 4) is 5.75 Å². The zero-order valence-corrected chi connectivity index (χ0v) is 16.9. The molecule has 0 saturated heterocycles. The van der Waals surface area contributed by atoms with Gasteiger partial charge in [0.1, 0.15) is 23.5 Å². The summed E-state index contributed by atoms with van der Waals surface area (Å²) in [4.78, 5) is 14.1. The molecule has 0 amide bonds. The lowest BCUT2D eigenvalue weighted by Gasteiger charge is -2.10. The summed E-state index contributed by atoms with van der Waals surface area (Å²) in [6.07, 6.45) is 13.2. The predicted octanol–water partition coefficient (Wildman–Crippen LogP) is 6.48. The Bertz CT molecular complexity index is 507. The number of carbonyl (C=O) groups is 1. The van der Waals surface area contributed by atoms with Gasteiger partial charge in [-0.25, -0.2) is 9.18 Å². The summed E-state index contributed by atoms with van der Waals surface area (Å²) in [6.45, 7) is 2.17. The van der Waals surface area contributed by atoms with Crippen LogP contribution in [0, 0.1) is 0 Å². The molecule has 0 bridgehead atoms. The lowest BCUT2D eigenvalue weighted by Crippen LogP contribution is -2.12. The molecular weight excluding hydrogens is 357 g/mol. The van der Waals surface area contributed by atoms with Gasteiger partial charge in [0.2, 0.25) is 0 Å². The van der Waals surface area contributed by atoms with E-state index in [0.29, 0.717) is 6.42 Å². The van der Waals surface area contributed by atoms with Gasteiger partial charge in [0.05, 0.1) is 7.11 Å². The van der Waals surface area contributed by atoms with E-state index in [1.165, 1.54) is 64.7 Å². The molecule has 1 aromatic heterocycles. The third kappa shape index (κ3) is 8.93. The average molecular weight is 390 g/mol. The number of hydrogen-bond acceptors (Lipinski definition) is 3. The van der Waals surface area contributed by atoms with Crippen molar-refractivity contribution in [2.24, 2.45) is 0 Å². The number of esters is 1. The van der Waals surface area contributed by atoms with Crippen molar-refractivity contribution in [3.05, 3.63) is 16.9 Å². The van der Waals surface area contributed by atoms with Crippen molar-refractivity contribution in [1.82, 2.24) is 4.98 Å². The van der Waals surface area contributed by atoms with Gasteiger partial charge >= 0.3 is 5.97 Å². The molecule has 0 saturated carbocycles. The Kier molecular flexibility index (Phi) is 12.2. The smallest absolute Gasteiger partial charge is 0.356 e. The summed E-state index contributed by atoms with van der Waals surface area (Å²) < 4.78 is 23.9. The summed E-state index contributed by atoms with van der Waals surface area (Å²) in [5.41, 5.74) is 0.120. The molecule has 1 rings (SSSR count). The van der Waals surface area contributed by atoms with Crippen molar-refractivity contribution in [3.63, 3.8) is 0 Å².